The maximum absolute atomic E-state index is 13.0. The van der Waals surface area contributed by atoms with Crippen LogP contribution in [0.4, 0.5) is 21.9 Å². The lowest BCUT2D eigenvalue weighted by atomic mass is 10.1. The van der Waals surface area contributed by atoms with E-state index in [1.54, 1.807) is 6.07 Å². The van der Waals surface area contributed by atoms with Gasteiger partial charge in [0.15, 0.2) is 6.61 Å². The zero-order chi connectivity index (χ0) is 28.3. The van der Waals surface area contributed by atoms with Crippen molar-refractivity contribution in [2.45, 2.75) is 13.8 Å². The largest absolute Gasteiger partial charge is 0.482 e. The number of nitrogens with one attached hydrogen (secondary N) is 2. The van der Waals surface area contributed by atoms with Crippen LogP contribution >= 0.6 is 11.6 Å². The molecule has 0 aliphatic carbocycles. The normalized spacial score (nSPS) is 14.3. The Labute approximate surface area is 227 Å². The second-order valence-electron chi connectivity index (χ2n) is 8.58. The summed E-state index contributed by atoms with van der Waals surface area (Å²) in [6.07, 6.45) is 1.24. The number of carbonyl (C=O) groups excluding carboxylic acids is 4. The highest BCUT2D eigenvalue weighted by Crippen LogP contribution is 2.28. The monoisotopic (exact) mass is 548 g/mol. The number of imide groups is 2. The van der Waals surface area contributed by atoms with E-state index in [1.807, 2.05) is 26.0 Å². The van der Waals surface area contributed by atoms with Gasteiger partial charge in [-0.2, -0.15) is 0 Å². The lowest BCUT2D eigenvalue weighted by molar-refractivity contribution is -0.384. The van der Waals surface area contributed by atoms with Crippen LogP contribution < -0.4 is 20.3 Å². The molecular weight excluding hydrogens is 528 g/mol. The Balaban J connectivity index is 1.47. The number of hydrogen-bond acceptors (Lipinski definition) is 7. The molecule has 1 aliphatic rings. The fourth-order valence-electron chi connectivity index (χ4n) is 3.79. The summed E-state index contributed by atoms with van der Waals surface area (Å²) < 4.78 is 5.53. The van der Waals surface area contributed by atoms with Crippen molar-refractivity contribution in [1.82, 2.24) is 5.32 Å². The summed E-state index contributed by atoms with van der Waals surface area (Å²) in [5.41, 5.74) is 2.46. The predicted octanol–water partition coefficient (Wildman–Crippen LogP) is 4.55. The minimum atomic E-state index is -0.989. The van der Waals surface area contributed by atoms with E-state index in [1.165, 1.54) is 36.4 Å². The molecule has 1 aliphatic heterocycles. The average molecular weight is 549 g/mol. The van der Waals surface area contributed by atoms with Crippen LogP contribution in [0.3, 0.4) is 0 Å². The Morgan fingerprint density at radius 3 is 2.44 bits per heavy atom. The molecule has 39 heavy (non-hydrogen) atoms. The van der Waals surface area contributed by atoms with Gasteiger partial charge in [0.1, 0.15) is 11.3 Å². The van der Waals surface area contributed by atoms with Crippen LogP contribution in [0.5, 0.6) is 5.75 Å². The fraction of sp³-hybridized carbons (Fsp3) is 0.111. The first-order chi connectivity index (χ1) is 18.5. The second-order valence-corrected chi connectivity index (χ2v) is 8.98. The van der Waals surface area contributed by atoms with Crippen LogP contribution in [-0.4, -0.2) is 35.3 Å². The number of ether oxygens (including phenoxy) is 1. The van der Waals surface area contributed by atoms with E-state index >= 15 is 0 Å². The molecule has 11 nitrogen and oxygen atoms in total. The number of nitro groups is 1. The van der Waals surface area contributed by atoms with E-state index in [0.717, 1.165) is 23.3 Å². The van der Waals surface area contributed by atoms with Crippen molar-refractivity contribution in [2.75, 3.05) is 16.8 Å². The number of urea groups is 1. The number of aryl methyl sites for hydroxylation is 2. The standard InChI is InChI=1S/C27H21ClN4O7/c1-15-3-9-22(16(2)11-15)29-24(33)14-39-23-10-4-17(13-21(23)28)12-20-25(34)30-27(36)31(26(20)35)18-5-7-19(8-6-18)32(37)38/h3-13H,14H2,1-2H3,(H,29,33)(H,30,34,36)/b20-12-. The summed E-state index contributed by atoms with van der Waals surface area (Å²) in [4.78, 5) is 61.1. The maximum Gasteiger partial charge on any atom is 0.335 e. The fourth-order valence-corrected chi connectivity index (χ4v) is 4.03. The Morgan fingerprint density at radius 2 is 1.79 bits per heavy atom. The average Bonchev–Trinajstić information content (AvgIpc) is 2.88. The molecule has 0 radical (unpaired) electrons. The third kappa shape index (κ3) is 6.11. The van der Waals surface area contributed by atoms with Crippen molar-refractivity contribution < 1.29 is 28.8 Å². The summed E-state index contributed by atoms with van der Waals surface area (Å²) in [6.45, 7) is 3.53. The van der Waals surface area contributed by atoms with Crippen molar-refractivity contribution in [3.8, 4) is 5.75 Å². The predicted molar refractivity (Wildman–Crippen MR) is 144 cm³/mol. The molecule has 198 valence electrons. The summed E-state index contributed by atoms with van der Waals surface area (Å²) >= 11 is 6.30. The van der Waals surface area contributed by atoms with Crippen LogP contribution in [0.2, 0.25) is 5.02 Å². The number of amides is 5. The van der Waals surface area contributed by atoms with Crippen LogP contribution in [0.25, 0.3) is 6.08 Å². The van der Waals surface area contributed by atoms with Crippen molar-refractivity contribution >= 4 is 58.5 Å². The number of hydrogen-bond donors (Lipinski definition) is 2. The number of benzene rings is 3. The van der Waals surface area contributed by atoms with Gasteiger partial charge >= 0.3 is 6.03 Å². The van der Waals surface area contributed by atoms with Gasteiger partial charge in [0.05, 0.1) is 15.6 Å². The lowest BCUT2D eigenvalue weighted by Crippen LogP contribution is -2.54. The first-order valence-corrected chi connectivity index (χ1v) is 11.9. The highest BCUT2D eigenvalue weighted by Gasteiger charge is 2.37. The molecule has 0 bridgehead atoms. The van der Waals surface area contributed by atoms with E-state index < -0.39 is 22.8 Å². The second kappa shape index (κ2) is 11.2. The number of barbiturate groups is 1. The van der Waals surface area contributed by atoms with E-state index in [9.17, 15) is 29.3 Å². The maximum atomic E-state index is 13.0. The Hall–Kier alpha value is -5.03. The summed E-state index contributed by atoms with van der Waals surface area (Å²) in [7, 11) is 0. The first-order valence-electron chi connectivity index (χ1n) is 11.5. The van der Waals surface area contributed by atoms with Gasteiger partial charge in [-0.05, 0) is 61.4 Å². The van der Waals surface area contributed by atoms with Gasteiger partial charge in [0.25, 0.3) is 23.4 Å². The molecule has 3 aromatic carbocycles. The third-order valence-corrected chi connectivity index (χ3v) is 6.00. The Bertz CT molecular complexity index is 1550. The number of nitrogens with zero attached hydrogens (tertiary/aromatic N) is 2. The number of anilines is 2. The van der Waals surface area contributed by atoms with Crippen molar-refractivity contribution in [2.24, 2.45) is 0 Å². The molecule has 0 spiro atoms. The number of nitro benzene ring substituents is 1. The van der Waals surface area contributed by atoms with Gasteiger partial charge in [0.2, 0.25) is 0 Å². The molecule has 4 rings (SSSR count). The summed E-state index contributed by atoms with van der Waals surface area (Å²) in [6, 6.07) is 13.8. The zero-order valence-electron chi connectivity index (χ0n) is 20.7. The highest BCUT2D eigenvalue weighted by molar-refractivity contribution is 6.39. The van der Waals surface area contributed by atoms with Crippen LogP contribution in [0.1, 0.15) is 16.7 Å². The van der Waals surface area contributed by atoms with Gasteiger partial charge in [0, 0.05) is 17.8 Å². The molecule has 5 amide bonds. The third-order valence-electron chi connectivity index (χ3n) is 5.70. The lowest BCUT2D eigenvalue weighted by Gasteiger charge is -2.26. The minimum Gasteiger partial charge on any atom is -0.482 e. The van der Waals surface area contributed by atoms with Crippen LogP contribution in [-0.2, 0) is 14.4 Å². The smallest absolute Gasteiger partial charge is 0.335 e. The van der Waals surface area contributed by atoms with Gasteiger partial charge in [-0.3, -0.25) is 29.8 Å². The van der Waals surface area contributed by atoms with Gasteiger partial charge < -0.3 is 10.1 Å². The molecule has 2 N–H and O–H groups in total. The highest BCUT2D eigenvalue weighted by atomic mass is 35.5. The first kappa shape index (κ1) is 27.0. The van der Waals surface area contributed by atoms with E-state index in [2.05, 4.69) is 10.6 Å². The van der Waals surface area contributed by atoms with Crippen LogP contribution in [0, 0.1) is 24.0 Å². The number of non-ortho nitro benzene ring substituents is 1. The molecule has 0 aromatic heterocycles. The quantitative estimate of drug-likeness (QED) is 0.190. The van der Waals surface area contributed by atoms with Crippen molar-refractivity contribution in [3.63, 3.8) is 0 Å². The zero-order valence-corrected chi connectivity index (χ0v) is 21.4. The topological polar surface area (TPSA) is 148 Å². The molecule has 1 saturated heterocycles. The molecule has 0 saturated carbocycles. The van der Waals surface area contributed by atoms with Gasteiger partial charge in [-0.15, -0.1) is 0 Å². The number of carbonyl (C=O) groups is 4. The Morgan fingerprint density at radius 1 is 1.08 bits per heavy atom. The summed E-state index contributed by atoms with van der Waals surface area (Å²) in [5.74, 6) is -2.01. The molecular formula is C27H21ClN4O7. The number of halogens is 1. The summed E-state index contributed by atoms with van der Waals surface area (Å²) in [5, 5.41) is 15.9. The Kier molecular flexibility index (Phi) is 7.73. The molecule has 1 fully saturated rings. The van der Waals surface area contributed by atoms with Gasteiger partial charge in [-0.25, -0.2) is 9.69 Å². The van der Waals surface area contributed by atoms with E-state index in [4.69, 9.17) is 16.3 Å². The van der Waals surface area contributed by atoms with Crippen molar-refractivity contribution in [1.29, 1.82) is 0 Å². The molecule has 0 atom stereocenters. The van der Waals surface area contributed by atoms with E-state index in [-0.39, 0.29) is 40.2 Å². The van der Waals surface area contributed by atoms with Crippen LogP contribution in [0.15, 0.2) is 66.2 Å². The number of rotatable bonds is 7. The molecule has 3 aromatic rings. The van der Waals surface area contributed by atoms with Gasteiger partial charge in [-0.1, -0.05) is 35.4 Å². The molecule has 12 heteroatoms. The van der Waals surface area contributed by atoms with Crippen molar-refractivity contribution in [3.05, 3.63) is 98.1 Å². The van der Waals surface area contributed by atoms with E-state index in [0.29, 0.717) is 16.2 Å². The molecule has 0 unspecified atom stereocenters. The SMILES string of the molecule is Cc1ccc(NC(=O)COc2ccc(/C=C3/C(=O)NC(=O)N(c4ccc([N+](=O)[O-])cc4)C3=O)cc2Cl)c(C)c1. The molecule has 1 heterocycles. The minimum absolute atomic E-state index is 0.0439.